The lowest BCUT2D eigenvalue weighted by molar-refractivity contribution is 0.219. The number of aryl methyl sites for hydroxylation is 3. The van der Waals surface area contributed by atoms with Crippen LogP contribution >= 0.6 is 0 Å². The highest BCUT2D eigenvalue weighted by atomic mass is 16.3. The van der Waals surface area contributed by atoms with Crippen molar-refractivity contribution in [3.8, 4) is 0 Å². The molecule has 1 N–H and O–H groups in total. The summed E-state index contributed by atoms with van der Waals surface area (Å²) in [6.45, 7) is 6.14. The van der Waals surface area contributed by atoms with E-state index >= 15 is 0 Å². The van der Waals surface area contributed by atoms with Crippen LogP contribution in [-0.4, -0.2) is 5.11 Å². The highest BCUT2D eigenvalue weighted by Crippen LogP contribution is 2.25. The summed E-state index contributed by atoms with van der Waals surface area (Å²) >= 11 is 0. The number of aliphatic hydroxyl groups excluding tert-OH is 1. The number of rotatable bonds is 2. The van der Waals surface area contributed by atoms with Crippen LogP contribution in [0.3, 0.4) is 0 Å². The number of hydrogen-bond acceptors (Lipinski definition) is 1. The molecular weight excluding hydrogens is 208 g/mol. The zero-order valence-corrected chi connectivity index (χ0v) is 10.6. The predicted molar refractivity (Wildman–Crippen MR) is 71.2 cm³/mol. The molecule has 0 aliphatic heterocycles. The first kappa shape index (κ1) is 11.9. The summed E-state index contributed by atoms with van der Waals surface area (Å²) in [5, 5.41) is 10.4. The Balaban J connectivity index is 2.43. The maximum Gasteiger partial charge on any atom is 0.104 e. The van der Waals surface area contributed by atoms with Gasteiger partial charge in [-0.15, -0.1) is 0 Å². The molecule has 1 unspecified atom stereocenters. The summed E-state index contributed by atoms with van der Waals surface area (Å²) in [5.74, 6) is 0. The fourth-order valence-corrected chi connectivity index (χ4v) is 2.24. The van der Waals surface area contributed by atoms with Gasteiger partial charge in [0.05, 0.1) is 0 Å². The van der Waals surface area contributed by atoms with Crippen LogP contribution in [0, 0.1) is 20.8 Å². The highest BCUT2D eigenvalue weighted by Gasteiger charge is 2.12. The minimum absolute atomic E-state index is 0.533. The highest BCUT2D eigenvalue weighted by molar-refractivity contribution is 5.38. The van der Waals surface area contributed by atoms with E-state index in [2.05, 4.69) is 19.9 Å². The van der Waals surface area contributed by atoms with Crippen LogP contribution in [0.25, 0.3) is 0 Å². The van der Waals surface area contributed by atoms with Gasteiger partial charge in [0.25, 0.3) is 0 Å². The molecule has 88 valence electrons. The number of aliphatic hydroxyl groups is 1. The van der Waals surface area contributed by atoms with Crippen molar-refractivity contribution >= 4 is 0 Å². The molecule has 0 amide bonds. The van der Waals surface area contributed by atoms with E-state index in [-0.39, 0.29) is 0 Å². The molecule has 1 nitrogen and oxygen atoms in total. The Bertz CT molecular complexity index is 509. The first-order valence-corrected chi connectivity index (χ1v) is 5.89. The summed E-state index contributed by atoms with van der Waals surface area (Å²) in [6.07, 6.45) is -0.533. The van der Waals surface area contributed by atoms with Crippen LogP contribution in [-0.2, 0) is 0 Å². The second kappa shape index (κ2) is 4.72. The third-order valence-electron chi connectivity index (χ3n) is 3.04. The lowest BCUT2D eigenvalue weighted by atomic mass is 9.95. The van der Waals surface area contributed by atoms with E-state index in [0.717, 1.165) is 16.7 Å². The molecule has 1 heteroatoms. The topological polar surface area (TPSA) is 20.2 Å². The maximum absolute atomic E-state index is 10.4. The summed E-state index contributed by atoms with van der Waals surface area (Å²) < 4.78 is 0. The van der Waals surface area contributed by atoms with Crippen molar-refractivity contribution in [1.29, 1.82) is 0 Å². The van der Waals surface area contributed by atoms with E-state index in [9.17, 15) is 5.11 Å². The van der Waals surface area contributed by atoms with E-state index in [1.54, 1.807) is 0 Å². The van der Waals surface area contributed by atoms with E-state index in [0.29, 0.717) is 0 Å². The quantitative estimate of drug-likeness (QED) is 0.828. The fourth-order valence-electron chi connectivity index (χ4n) is 2.24. The second-order valence-corrected chi connectivity index (χ2v) is 4.68. The van der Waals surface area contributed by atoms with Gasteiger partial charge in [-0.2, -0.15) is 0 Å². The molecule has 0 spiro atoms. The number of benzene rings is 2. The molecule has 0 aliphatic rings. The molecule has 0 radical (unpaired) electrons. The van der Waals surface area contributed by atoms with Gasteiger partial charge in [0.15, 0.2) is 0 Å². The summed E-state index contributed by atoms with van der Waals surface area (Å²) in [6, 6.07) is 14.2. The Hall–Kier alpha value is -1.60. The smallest absolute Gasteiger partial charge is 0.104 e. The fraction of sp³-hybridized carbons (Fsp3) is 0.250. The summed E-state index contributed by atoms with van der Waals surface area (Å²) in [7, 11) is 0. The first-order valence-electron chi connectivity index (χ1n) is 5.89. The number of hydrogen-bond donors (Lipinski definition) is 1. The Morgan fingerprint density at radius 1 is 0.882 bits per heavy atom. The molecule has 0 fully saturated rings. The molecule has 2 aromatic rings. The van der Waals surface area contributed by atoms with Crippen LogP contribution in [0.1, 0.15) is 33.9 Å². The lowest BCUT2D eigenvalue weighted by Gasteiger charge is -2.15. The van der Waals surface area contributed by atoms with Crippen LogP contribution in [0.15, 0.2) is 42.5 Å². The zero-order chi connectivity index (χ0) is 12.4. The SMILES string of the molecule is Cc1cc(C)cc(C(O)c2ccccc2C)c1. The van der Waals surface area contributed by atoms with Gasteiger partial charge in [-0.1, -0.05) is 53.6 Å². The van der Waals surface area contributed by atoms with Gasteiger partial charge in [-0.3, -0.25) is 0 Å². The van der Waals surface area contributed by atoms with Gasteiger partial charge in [0.1, 0.15) is 6.10 Å². The molecule has 0 heterocycles. The van der Waals surface area contributed by atoms with Crippen molar-refractivity contribution in [3.05, 3.63) is 70.3 Å². The molecule has 17 heavy (non-hydrogen) atoms. The van der Waals surface area contributed by atoms with Crippen LogP contribution in [0.2, 0.25) is 0 Å². The molecule has 0 aromatic heterocycles. The van der Waals surface area contributed by atoms with Crippen molar-refractivity contribution in [2.75, 3.05) is 0 Å². The van der Waals surface area contributed by atoms with Crippen molar-refractivity contribution in [1.82, 2.24) is 0 Å². The van der Waals surface area contributed by atoms with Crippen LogP contribution < -0.4 is 0 Å². The van der Waals surface area contributed by atoms with Crippen molar-refractivity contribution in [2.24, 2.45) is 0 Å². The van der Waals surface area contributed by atoms with Crippen LogP contribution in [0.4, 0.5) is 0 Å². The van der Waals surface area contributed by atoms with Crippen molar-refractivity contribution in [3.63, 3.8) is 0 Å². The molecule has 1 atom stereocenters. The van der Waals surface area contributed by atoms with E-state index in [4.69, 9.17) is 0 Å². The minimum atomic E-state index is -0.533. The van der Waals surface area contributed by atoms with Gasteiger partial charge in [-0.25, -0.2) is 0 Å². The average Bonchev–Trinajstić information content (AvgIpc) is 2.27. The Morgan fingerprint density at radius 3 is 2.06 bits per heavy atom. The maximum atomic E-state index is 10.4. The zero-order valence-electron chi connectivity index (χ0n) is 10.6. The molecule has 2 aromatic carbocycles. The first-order chi connectivity index (χ1) is 8.08. The van der Waals surface area contributed by atoms with Gasteiger partial charge >= 0.3 is 0 Å². The van der Waals surface area contributed by atoms with Crippen molar-refractivity contribution < 1.29 is 5.11 Å². The molecule has 0 saturated carbocycles. The molecule has 0 aliphatic carbocycles. The van der Waals surface area contributed by atoms with E-state index in [1.165, 1.54) is 11.1 Å². The Morgan fingerprint density at radius 2 is 1.47 bits per heavy atom. The van der Waals surface area contributed by atoms with Gasteiger partial charge < -0.3 is 5.11 Å². The van der Waals surface area contributed by atoms with E-state index in [1.807, 2.05) is 43.3 Å². The lowest BCUT2D eigenvalue weighted by Crippen LogP contribution is -2.02. The minimum Gasteiger partial charge on any atom is -0.384 e. The average molecular weight is 226 g/mol. The Kier molecular flexibility index (Phi) is 3.30. The normalized spacial score (nSPS) is 12.5. The molecular formula is C16H18O. The predicted octanol–water partition coefficient (Wildman–Crippen LogP) is 3.69. The third kappa shape index (κ3) is 2.56. The van der Waals surface area contributed by atoms with Gasteiger partial charge in [-0.05, 0) is 37.5 Å². The van der Waals surface area contributed by atoms with Crippen molar-refractivity contribution in [2.45, 2.75) is 26.9 Å². The van der Waals surface area contributed by atoms with E-state index < -0.39 is 6.10 Å². The summed E-state index contributed by atoms with van der Waals surface area (Å²) in [5.41, 5.74) is 5.45. The molecule has 0 bridgehead atoms. The monoisotopic (exact) mass is 226 g/mol. The molecule has 0 saturated heterocycles. The third-order valence-corrected chi connectivity index (χ3v) is 3.04. The largest absolute Gasteiger partial charge is 0.384 e. The second-order valence-electron chi connectivity index (χ2n) is 4.68. The van der Waals surface area contributed by atoms with Crippen LogP contribution in [0.5, 0.6) is 0 Å². The Labute approximate surface area is 103 Å². The van der Waals surface area contributed by atoms with Gasteiger partial charge in [0, 0.05) is 0 Å². The standard InChI is InChI=1S/C16H18O/c1-11-8-12(2)10-14(9-11)16(17)15-7-5-4-6-13(15)3/h4-10,16-17H,1-3H3. The summed E-state index contributed by atoms with van der Waals surface area (Å²) in [4.78, 5) is 0. The van der Waals surface area contributed by atoms with Gasteiger partial charge in [0.2, 0.25) is 0 Å². The molecule has 2 rings (SSSR count).